The summed E-state index contributed by atoms with van der Waals surface area (Å²) in [5.41, 5.74) is 5.60. The van der Waals surface area contributed by atoms with Crippen molar-refractivity contribution in [1.29, 1.82) is 0 Å². The number of anilines is 1. The molecule has 0 atom stereocenters. The summed E-state index contributed by atoms with van der Waals surface area (Å²) in [5, 5.41) is 4.23. The summed E-state index contributed by atoms with van der Waals surface area (Å²) in [4.78, 5) is 0. The first-order valence-electron chi connectivity index (χ1n) is 10.2. The Bertz CT molecular complexity index is 983. The number of ether oxygens (including phenoxy) is 2. The molecule has 156 valence electrons. The fourth-order valence-electron chi connectivity index (χ4n) is 3.26. The summed E-state index contributed by atoms with van der Waals surface area (Å²) in [6, 6.07) is 20.2. The molecule has 1 N–H and O–H groups in total. The molecular formula is C26H28ClNO2. The Morgan fingerprint density at radius 1 is 1.00 bits per heavy atom. The van der Waals surface area contributed by atoms with Crippen LogP contribution in [0.2, 0.25) is 5.02 Å². The van der Waals surface area contributed by atoms with Gasteiger partial charge in [-0.05, 0) is 67.3 Å². The van der Waals surface area contributed by atoms with E-state index < -0.39 is 0 Å². The van der Waals surface area contributed by atoms with Crippen LogP contribution < -0.4 is 14.8 Å². The van der Waals surface area contributed by atoms with Gasteiger partial charge in [-0.1, -0.05) is 48.0 Å². The minimum absolute atomic E-state index is 0.447. The Hall–Kier alpha value is -2.91. The lowest BCUT2D eigenvalue weighted by molar-refractivity contribution is 0.267. The molecule has 0 aliphatic carbocycles. The maximum Gasteiger partial charge on any atom is 0.165 e. The first kappa shape index (κ1) is 21.8. The number of allylic oxidation sites excluding steroid dienone is 1. The first-order chi connectivity index (χ1) is 14.6. The monoisotopic (exact) mass is 421 g/mol. The average molecular weight is 422 g/mol. The maximum atomic E-state index is 6.20. The van der Waals surface area contributed by atoms with Crippen LogP contribution in [-0.4, -0.2) is 6.61 Å². The van der Waals surface area contributed by atoms with Crippen molar-refractivity contribution in [3.8, 4) is 11.5 Å². The third-order valence-electron chi connectivity index (χ3n) is 4.78. The fourth-order valence-corrected chi connectivity index (χ4v) is 3.39. The molecule has 4 heteroatoms. The predicted octanol–water partition coefficient (Wildman–Crippen LogP) is 6.97. The highest BCUT2D eigenvalue weighted by atomic mass is 35.5. The summed E-state index contributed by atoms with van der Waals surface area (Å²) in [5.74, 6) is 1.53. The van der Waals surface area contributed by atoms with Crippen LogP contribution >= 0.6 is 11.6 Å². The first-order valence-corrected chi connectivity index (χ1v) is 10.5. The largest absolute Gasteiger partial charge is 0.490 e. The fraction of sp³-hybridized carbons (Fsp3) is 0.231. The molecule has 3 rings (SSSR count). The van der Waals surface area contributed by atoms with E-state index in [1.165, 1.54) is 5.56 Å². The van der Waals surface area contributed by atoms with Crippen molar-refractivity contribution in [2.75, 3.05) is 11.9 Å². The van der Waals surface area contributed by atoms with Gasteiger partial charge in [0.2, 0.25) is 0 Å². The SMILES string of the molecule is C=CCc1cc(CNc2ccccc2C)cc(OCC)c1OCc1ccc(Cl)cc1. The molecule has 0 saturated carbocycles. The lowest BCUT2D eigenvalue weighted by atomic mass is 10.0. The van der Waals surface area contributed by atoms with Gasteiger partial charge in [-0.3, -0.25) is 0 Å². The Morgan fingerprint density at radius 3 is 2.47 bits per heavy atom. The van der Waals surface area contributed by atoms with Gasteiger partial charge in [0.15, 0.2) is 11.5 Å². The Morgan fingerprint density at radius 2 is 1.77 bits per heavy atom. The highest BCUT2D eigenvalue weighted by Gasteiger charge is 2.14. The topological polar surface area (TPSA) is 30.5 Å². The molecule has 3 nitrogen and oxygen atoms in total. The molecule has 0 amide bonds. The summed E-state index contributed by atoms with van der Waals surface area (Å²) < 4.78 is 12.1. The van der Waals surface area contributed by atoms with Crippen molar-refractivity contribution < 1.29 is 9.47 Å². The van der Waals surface area contributed by atoms with Gasteiger partial charge in [-0.15, -0.1) is 6.58 Å². The number of halogens is 1. The summed E-state index contributed by atoms with van der Waals surface area (Å²) in [7, 11) is 0. The van der Waals surface area contributed by atoms with Crippen molar-refractivity contribution in [2.24, 2.45) is 0 Å². The molecule has 0 spiro atoms. The number of rotatable bonds is 10. The van der Waals surface area contributed by atoms with Gasteiger partial charge in [0, 0.05) is 22.8 Å². The van der Waals surface area contributed by atoms with E-state index in [4.69, 9.17) is 21.1 Å². The van der Waals surface area contributed by atoms with Crippen LogP contribution in [0.25, 0.3) is 0 Å². The molecule has 0 aliphatic rings. The number of benzene rings is 3. The van der Waals surface area contributed by atoms with Crippen LogP contribution in [0.1, 0.15) is 29.2 Å². The number of nitrogens with one attached hydrogen (secondary N) is 1. The minimum atomic E-state index is 0.447. The molecule has 0 aliphatic heterocycles. The van der Waals surface area contributed by atoms with Crippen molar-refractivity contribution in [3.05, 3.63) is 101 Å². The third-order valence-corrected chi connectivity index (χ3v) is 5.03. The molecule has 0 bridgehead atoms. The van der Waals surface area contributed by atoms with Crippen LogP contribution in [0.3, 0.4) is 0 Å². The van der Waals surface area contributed by atoms with E-state index >= 15 is 0 Å². The molecule has 30 heavy (non-hydrogen) atoms. The maximum absolute atomic E-state index is 6.20. The summed E-state index contributed by atoms with van der Waals surface area (Å²) in [6.07, 6.45) is 2.59. The van der Waals surface area contributed by atoms with Gasteiger partial charge < -0.3 is 14.8 Å². The Kier molecular flexibility index (Phi) is 7.81. The zero-order chi connectivity index (χ0) is 21.3. The second kappa shape index (κ2) is 10.7. The molecule has 3 aromatic rings. The molecule has 0 saturated heterocycles. The van der Waals surface area contributed by atoms with Crippen molar-refractivity contribution in [2.45, 2.75) is 33.4 Å². The lowest BCUT2D eigenvalue weighted by Gasteiger charge is -2.18. The highest BCUT2D eigenvalue weighted by Crippen LogP contribution is 2.35. The van der Waals surface area contributed by atoms with Crippen LogP contribution in [0.15, 0.2) is 73.3 Å². The number of hydrogen-bond acceptors (Lipinski definition) is 3. The Labute approximate surface area is 184 Å². The van der Waals surface area contributed by atoms with E-state index in [1.807, 2.05) is 49.4 Å². The van der Waals surface area contributed by atoms with E-state index in [2.05, 4.69) is 43.1 Å². The van der Waals surface area contributed by atoms with Gasteiger partial charge in [0.05, 0.1) is 6.61 Å². The highest BCUT2D eigenvalue weighted by molar-refractivity contribution is 6.30. The van der Waals surface area contributed by atoms with Crippen molar-refractivity contribution in [3.63, 3.8) is 0 Å². The number of aryl methyl sites for hydroxylation is 1. The standard InChI is InChI=1S/C26H28ClNO2/c1-4-8-22-15-21(17-28-24-10-7-6-9-19(24)3)16-25(29-5-2)26(22)30-18-20-11-13-23(27)14-12-20/h4,6-7,9-16,28H,1,5,8,17-18H2,2-3H3. The normalized spacial score (nSPS) is 10.5. The zero-order valence-corrected chi connectivity index (χ0v) is 18.3. The van der Waals surface area contributed by atoms with Crippen LogP contribution in [0, 0.1) is 6.92 Å². The van der Waals surface area contributed by atoms with Gasteiger partial charge in [-0.25, -0.2) is 0 Å². The molecule has 0 heterocycles. The third kappa shape index (κ3) is 5.80. The minimum Gasteiger partial charge on any atom is -0.490 e. The number of para-hydroxylation sites is 1. The Balaban J connectivity index is 1.84. The molecule has 0 unspecified atom stereocenters. The molecule has 3 aromatic carbocycles. The van der Waals surface area contributed by atoms with Crippen LogP contribution in [0.5, 0.6) is 11.5 Å². The van der Waals surface area contributed by atoms with Crippen LogP contribution in [-0.2, 0) is 19.6 Å². The van der Waals surface area contributed by atoms with E-state index in [0.717, 1.165) is 33.9 Å². The van der Waals surface area contributed by atoms with Gasteiger partial charge >= 0.3 is 0 Å². The zero-order valence-electron chi connectivity index (χ0n) is 17.6. The summed E-state index contributed by atoms with van der Waals surface area (Å²) in [6.45, 7) is 9.71. The number of hydrogen-bond donors (Lipinski definition) is 1. The van der Waals surface area contributed by atoms with Gasteiger partial charge in [-0.2, -0.15) is 0 Å². The molecule has 0 fully saturated rings. The lowest BCUT2D eigenvalue weighted by Crippen LogP contribution is -2.06. The van der Waals surface area contributed by atoms with Crippen molar-refractivity contribution in [1.82, 2.24) is 0 Å². The van der Waals surface area contributed by atoms with E-state index in [1.54, 1.807) is 0 Å². The quantitative estimate of drug-likeness (QED) is 0.358. The van der Waals surface area contributed by atoms with Gasteiger partial charge in [0.1, 0.15) is 6.61 Å². The van der Waals surface area contributed by atoms with E-state index in [0.29, 0.717) is 31.2 Å². The predicted molar refractivity (Wildman–Crippen MR) is 126 cm³/mol. The smallest absolute Gasteiger partial charge is 0.165 e. The van der Waals surface area contributed by atoms with E-state index in [9.17, 15) is 0 Å². The van der Waals surface area contributed by atoms with E-state index in [-0.39, 0.29) is 0 Å². The second-order valence-electron chi connectivity index (χ2n) is 7.09. The summed E-state index contributed by atoms with van der Waals surface area (Å²) >= 11 is 5.99. The van der Waals surface area contributed by atoms with Crippen LogP contribution in [0.4, 0.5) is 5.69 Å². The average Bonchev–Trinajstić information content (AvgIpc) is 2.74. The molecule has 0 aromatic heterocycles. The molecule has 0 radical (unpaired) electrons. The second-order valence-corrected chi connectivity index (χ2v) is 7.53. The molecular weight excluding hydrogens is 394 g/mol. The van der Waals surface area contributed by atoms with Crippen molar-refractivity contribution >= 4 is 17.3 Å². The van der Waals surface area contributed by atoms with Gasteiger partial charge in [0.25, 0.3) is 0 Å².